The molecule has 4 heteroatoms. The van der Waals surface area contributed by atoms with Crippen molar-refractivity contribution >= 4 is 5.97 Å². The third-order valence-corrected chi connectivity index (χ3v) is 1.99. The summed E-state index contributed by atoms with van der Waals surface area (Å²) in [5.41, 5.74) is 0. The lowest BCUT2D eigenvalue weighted by molar-refractivity contribution is -0.140. The standard InChI is InChI=1S/C9H14N2O2/c1-6(2)8-10-4-5-11(8)7(3)9(12)13/h4-7H,1-3H3,(H,12,13). The van der Waals surface area contributed by atoms with E-state index in [2.05, 4.69) is 4.98 Å². The lowest BCUT2D eigenvalue weighted by Crippen LogP contribution is -2.17. The zero-order valence-corrected chi connectivity index (χ0v) is 8.06. The topological polar surface area (TPSA) is 55.1 Å². The fraction of sp³-hybridized carbons (Fsp3) is 0.556. The molecule has 1 heterocycles. The first kappa shape index (κ1) is 9.77. The number of aliphatic carboxylic acids is 1. The highest BCUT2D eigenvalue weighted by Crippen LogP contribution is 2.16. The number of carbonyl (C=O) groups is 1. The summed E-state index contributed by atoms with van der Waals surface area (Å²) in [5.74, 6) is 0.228. The Bertz CT molecular complexity index is 304. The maximum absolute atomic E-state index is 10.7. The summed E-state index contributed by atoms with van der Waals surface area (Å²) in [6.07, 6.45) is 3.34. The van der Waals surface area contributed by atoms with Crippen molar-refractivity contribution in [3.63, 3.8) is 0 Å². The first-order valence-electron chi connectivity index (χ1n) is 4.29. The van der Waals surface area contributed by atoms with Gasteiger partial charge >= 0.3 is 5.97 Å². The number of carboxylic acids is 1. The van der Waals surface area contributed by atoms with Crippen LogP contribution in [0.15, 0.2) is 12.4 Å². The highest BCUT2D eigenvalue weighted by Gasteiger charge is 2.17. The fourth-order valence-corrected chi connectivity index (χ4v) is 1.22. The Balaban J connectivity index is 3.00. The first-order valence-corrected chi connectivity index (χ1v) is 4.29. The van der Waals surface area contributed by atoms with E-state index in [9.17, 15) is 4.79 Å². The second kappa shape index (κ2) is 3.60. The van der Waals surface area contributed by atoms with Gasteiger partial charge in [-0.1, -0.05) is 13.8 Å². The highest BCUT2D eigenvalue weighted by atomic mass is 16.4. The van der Waals surface area contributed by atoms with Crippen LogP contribution in [0.2, 0.25) is 0 Å². The molecule has 13 heavy (non-hydrogen) atoms. The zero-order chi connectivity index (χ0) is 10.0. The summed E-state index contributed by atoms with van der Waals surface area (Å²) in [5, 5.41) is 8.81. The monoisotopic (exact) mass is 182 g/mol. The number of carboxylic acid groups (broad SMARTS) is 1. The van der Waals surface area contributed by atoms with Crippen LogP contribution in [0.4, 0.5) is 0 Å². The SMILES string of the molecule is CC(C)c1nccn1C(C)C(=O)O. The van der Waals surface area contributed by atoms with Crippen molar-refractivity contribution in [2.24, 2.45) is 0 Å². The van der Waals surface area contributed by atoms with Gasteiger partial charge in [0.25, 0.3) is 0 Å². The Labute approximate surface area is 77.2 Å². The third-order valence-electron chi connectivity index (χ3n) is 1.99. The van der Waals surface area contributed by atoms with E-state index in [1.807, 2.05) is 13.8 Å². The zero-order valence-electron chi connectivity index (χ0n) is 8.06. The molecule has 0 saturated heterocycles. The maximum atomic E-state index is 10.7. The quantitative estimate of drug-likeness (QED) is 0.773. The summed E-state index contributed by atoms with van der Waals surface area (Å²) in [4.78, 5) is 14.8. The molecular formula is C9H14N2O2. The summed E-state index contributed by atoms with van der Waals surface area (Å²) in [7, 11) is 0. The summed E-state index contributed by atoms with van der Waals surface area (Å²) >= 11 is 0. The molecule has 0 aromatic carbocycles. The average Bonchev–Trinajstić information content (AvgIpc) is 2.50. The fourth-order valence-electron chi connectivity index (χ4n) is 1.22. The van der Waals surface area contributed by atoms with Crippen LogP contribution in [0.3, 0.4) is 0 Å². The minimum atomic E-state index is -0.833. The lowest BCUT2D eigenvalue weighted by atomic mass is 10.2. The van der Waals surface area contributed by atoms with Crippen LogP contribution in [-0.4, -0.2) is 20.6 Å². The predicted molar refractivity (Wildman–Crippen MR) is 48.7 cm³/mol. The molecule has 0 spiro atoms. The van der Waals surface area contributed by atoms with Crippen molar-refractivity contribution in [3.8, 4) is 0 Å². The largest absolute Gasteiger partial charge is 0.480 e. The molecule has 0 aliphatic rings. The molecule has 0 aliphatic heterocycles. The molecule has 1 N–H and O–H groups in total. The van der Waals surface area contributed by atoms with Crippen LogP contribution in [0.25, 0.3) is 0 Å². The lowest BCUT2D eigenvalue weighted by Gasteiger charge is -2.13. The van der Waals surface area contributed by atoms with Gasteiger partial charge in [0.1, 0.15) is 11.9 Å². The molecule has 72 valence electrons. The molecule has 1 aromatic heterocycles. The number of hydrogen-bond acceptors (Lipinski definition) is 2. The Morgan fingerprint density at radius 1 is 1.54 bits per heavy atom. The van der Waals surface area contributed by atoms with Gasteiger partial charge in [-0.15, -0.1) is 0 Å². The molecule has 0 saturated carbocycles. The Morgan fingerprint density at radius 2 is 2.15 bits per heavy atom. The van der Waals surface area contributed by atoms with Crippen molar-refractivity contribution in [1.29, 1.82) is 0 Å². The summed E-state index contributed by atoms with van der Waals surface area (Å²) in [6.45, 7) is 5.64. The van der Waals surface area contributed by atoms with Crippen LogP contribution in [0.5, 0.6) is 0 Å². The smallest absolute Gasteiger partial charge is 0.326 e. The van der Waals surface area contributed by atoms with E-state index in [0.717, 1.165) is 5.82 Å². The summed E-state index contributed by atoms with van der Waals surface area (Å²) in [6, 6.07) is -0.542. The van der Waals surface area contributed by atoms with Crippen molar-refractivity contribution in [2.75, 3.05) is 0 Å². The van der Waals surface area contributed by atoms with Crippen LogP contribution in [0, 0.1) is 0 Å². The van der Waals surface area contributed by atoms with Gasteiger partial charge in [0, 0.05) is 18.3 Å². The number of nitrogens with zero attached hydrogens (tertiary/aromatic N) is 2. The molecule has 0 fully saturated rings. The van der Waals surface area contributed by atoms with Crippen LogP contribution in [0.1, 0.15) is 38.6 Å². The van der Waals surface area contributed by atoms with Crippen molar-refractivity contribution in [2.45, 2.75) is 32.7 Å². The Morgan fingerprint density at radius 3 is 2.62 bits per heavy atom. The van der Waals surface area contributed by atoms with Crippen molar-refractivity contribution in [3.05, 3.63) is 18.2 Å². The van der Waals surface area contributed by atoms with Crippen LogP contribution < -0.4 is 0 Å². The van der Waals surface area contributed by atoms with Crippen molar-refractivity contribution < 1.29 is 9.90 Å². The second-order valence-corrected chi connectivity index (χ2v) is 3.36. The van der Waals surface area contributed by atoms with Gasteiger partial charge in [0.15, 0.2) is 0 Å². The molecule has 4 nitrogen and oxygen atoms in total. The third kappa shape index (κ3) is 1.88. The number of hydrogen-bond donors (Lipinski definition) is 1. The second-order valence-electron chi connectivity index (χ2n) is 3.36. The van der Waals surface area contributed by atoms with Crippen LogP contribution >= 0.6 is 0 Å². The first-order chi connectivity index (χ1) is 6.04. The van der Waals surface area contributed by atoms with Gasteiger partial charge in [-0.3, -0.25) is 0 Å². The molecule has 1 rings (SSSR count). The molecule has 0 amide bonds. The Hall–Kier alpha value is -1.32. The average molecular weight is 182 g/mol. The normalized spacial score (nSPS) is 13.2. The van der Waals surface area contributed by atoms with E-state index in [1.165, 1.54) is 0 Å². The van der Waals surface area contributed by atoms with E-state index in [-0.39, 0.29) is 5.92 Å². The number of rotatable bonds is 3. The van der Waals surface area contributed by atoms with Gasteiger partial charge in [-0.25, -0.2) is 9.78 Å². The van der Waals surface area contributed by atoms with E-state index in [0.29, 0.717) is 0 Å². The minimum absolute atomic E-state index is 0.247. The van der Waals surface area contributed by atoms with Gasteiger partial charge in [0.2, 0.25) is 0 Å². The maximum Gasteiger partial charge on any atom is 0.326 e. The van der Waals surface area contributed by atoms with E-state index in [4.69, 9.17) is 5.11 Å². The molecule has 0 aliphatic carbocycles. The van der Waals surface area contributed by atoms with Gasteiger partial charge in [0.05, 0.1) is 0 Å². The predicted octanol–water partition coefficient (Wildman–Crippen LogP) is 1.65. The van der Waals surface area contributed by atoms with E-state index in [1.54, 1.807) is 23.9 Å². The molecule has 0 radical (unpaired) electrons. The van der Waals surface area contributed by atoms with E-state index < -0.39 is 12.0 Å². The van der Waals surface area contributed by atoms with E-state index >= 15 is 0 Å². The molecule has 1 aromatic rings. The Kier molecular flexibility index (Phi) is 2.70. The minimum Gasteiger partial charge on any atom is -0.480 e. The van der Waals surface area contributed by atoms with Gasteiger partial charge in [-0.2, -0.15) is 0 Å². The van der Waals surface area contributed by atoms with Crippen LogP contribution in [-0.2, 0) is 4.79 Å². The summed E-state index contributed by atoms with van der Waals surface area (Å²) < 4.78 is 1.69. The highest BCUT2D eigenvalue weighted by molar-refractivity contribution is 5.71. The van der Waals surface area contributed by atoms with Gasteiger partial charge < -0.3 is 9.67 Å². The molecule has 1 unspecified atom stereocenters. The molecule has 0 bridgehead atoms. The van der Waals surface area contributed by atoms with Crippen molar-refractivity contribution in [1.82, 2.24) is 9.55 Å². The molecular weight excluding hydrogens is 168 g/mol. The number of aromatic nitrogens is 2. The number of imidazole rings is 1. The molecule has 1 atom stereocenters. The van der Waals surface area contributed by atoms with Gasteiger partial charge in [-0.05, 0) is 6.92 Å².